The number of methoxy groups -OCH3 is 2. The number of hydrogen-bond donors (Lipinski definition) is 1. The fourth-order valence-electron chi connectivity index (χ4n) is 1.46. The summed E-state index contributed by atoms with van der Waals surface area (Å²) in [4.78, 5) is 15.3. The second kappa shape index (κ2) is 6.27. The van der Waals surface area contributed by atoms with E-state index in [1.54, 1.807) is 39.0 Å². The summed E-state index contributed by atoms with van der Waals surface area (Å²) in [6.07, 6.45) is -0.750. The Morgan fingerprint density at radius 3 is 2.35 bits per heavy atom. The van der Waals surface area contributed by atoms with Crippen LogP contribution in [0, 0.1) is 0 Å². The summed E-state index contributed by atoms with van der Waals surface area (Å²) in [5.74, 6) is 1.09. The lowest BCUT2D eigenvalue weighted by Gasteiger charge is -2.17. The van der Waals surface area contributed by atoms with Gasteiger partial charge in [-0.3, -0.25) is 0 Å². The lowest BCUT2D eigenvalue weighted by atomic mass is 10.1. The summed E-state index contributed by atoms with van der Waals surface area (Å²) >= 11 is 0. The van der Waals surface area contributed by atoms with Gasteiger partial charge in [-0.1, -0.05) is 0 Å². The minimum absolute atomic E-state index is 0.00926. The van der Waals surface area contributed by atoms with E-state index >= 15 is 0 Å². The molecule has 1 amide bonds. The van der Waals surface area contributed by atoms with Crippen LogP contribution in [0.3, 0.4) is 0 Å². The summed E-state index contributed by atoms with van der Waals surface area (Å²) in [6, 6.07) is 5.05. The Morgan fingerprint density at radius 1 is 1.20 bits per heavy atom. The topological polar surface area (TPSA) is 83.1 Å². The molecule has 0 atom stereocenters. The fourth-order valence-corrected chi connectivity index (χ4v) is 1.46. The van der Waals surface area contributed by atoms with Gasteiger partial charge in [0.05, 0.1) is 19.8 Å². The summed E-state index contributed by atoms with van der Waals surface area (Å²) in [5, 5.41) is 0. The van der Waals surface area contributed by atoms with E-state index in [-0.39, 0.29) is 5.84 Å². The lowest BCUT2D eigenvalue weighted by Crippen LogP contribution is -2.24. The second-order valence-electron chi connectivity index (χ2n) is 5.04. The molecule has 110 valence electrons. The van der Waals surface area contributed by atoms with Gasteiger partial charge in [-0.15, -0.1) is 0 Å². The summed E-state index contributed by atoms with van der Waals surface area (Å²) in [6.45, 7) is 5.26. The highest BCUT2D eigenvalue weighted by atomic mass is 16.6. The van der Waals surface area contributed by atoms with Crippen LogP contribution in [0.1, 0.15) is 26.3 Å². The zero-order valence-corrected chi connectivity index (χ0v) is 12.4. The number of amidine groups is 1. The number of nitrogens with zero attached hydrogens (tertiary/aromatic N) is 1. The van der Waals surface area contributed by atoms with Crippen LogP contribution >= 0.6 is 0 Å². The molecule has 6 heteroatoms. The van der Waals surface area contributed by atoms with E-state index in [4.69, 9.17) is 19.9 Å². The second-order valence-corrected chi connectivity index (χ2v) is 5.04. The third-order valence-electron chi connectivity index (χ3n) is 2.29. The highest BCUT2D eigenvalue weighted by Crippen LogP contribution is 2.23. The molecule has 0 saturated carbocycles. The molecule has 1 aromatic carbocycles. The smallest absolute Gasteiger partial charge is 0.436 e. The first kappa shape index (κ1) is 15.8. The molecular formula is C14H20N2O4. The number of carbonyl (C=O) groups excluding carboxylic acids is 1. The van der Waals surface area contributed by atoms with Crippen molar-refractivity contribution in [2.24, 2.45) is 10.7 Å². The highest BCUT2D eigenvalue weighted by molar-refractivity contribution is 6.05. The maximum atomic E-state index is 11.6. The van der Waals surface area contributed by atoms with Gasteiger partial charge in [0.1, 0.15) is 22.9 Å². The van der Waals surface area contributed by atoms with Crippen molar-refractivity contribution in [3.63, 3.8) is 0 Å². The molecule has 0 aromatic heterocycles. The number of ether oxygens (including phenoxy) is 3. The van der Waals surface area contributed by atoms with Crippen molar-refractivity contribution in [3.05, 3.63) is 23.8 Å². The van der Waals surface area contributed by atoms with Crippen LogP contribution in [0.5, 0.6) is 11.5 Å². The molecule has 2 N–H and O–H groups in total. The number of benzene rings is 1. The summed E-state index contributed by atoms with van der Waals surface area (Å²) in [7, 11) is 3.04. The molecule has 6 nitrogen and oxygen atoms in total. The van der Waals surface area contributed by atoms with Crippen LogP contribution in [0.4, 0.5) is 4.79 Å². The Morgan fingerprint density at radius 2 is 1.85 bits per heavy atom. The molecule has 1 rings (SSSR count). The van der Waals surface area contributed by atoms with Gasteiger partial charge >= 0.3 is 6.09 Å². The van der Waals surface area contributed by atoms with Gasteiger partial charge in [-0.2, -0.15) is 4.99 Å². The highest BCUT2D eigenvalue weighted by Gasteiger charge is 2.17. The fraction of sp³-hybridized carbons (Fsp3) is 0.429. The molecule has 0 spiro atoms. The van der Waals surface area contributed by atoms with Crippen molar-refractivity contribution in [1.82, 2.24) is 0 Å². The molecule has 0 saturated heterocycles. The Kier molecular flexibility index (Phi) is 4.96. The van der Waals surface area contributed by atoms with Crippen LogP contribution in [0.2, 0.25) is 0 Å². The minimum Gasteiger partial charge on any atom is -0.497 e. The van der Waals surface area contributed by atoms with Crippen molar-refractivity contribution < 1.29 is 19.0 Å². The van der Waals surface area contributed by atoms with Crippen molar-refractivity contribution in [3.8, 4) is 11.5 Å². The molecular weight excluding hydrogens is 260 g/mol. The SMILES string of the molecule is COc1ccc(OC)c(/C(N)=N/C(=O)OC(C)(C)C)c1. The van der Waals surface area contributed by atoms with Crippen LogP contribution in [0.25, 0.3) is 0 Å². The van der Waals surface area contributed by atoms with E-state index < -0.39 is 11.7 Å². The van der Waals surface area contributed by atoms with Gasteiger partial charge < -0.3 is 19.9 Å². The molecule has 0 unspecified atom stereocenters. The van der Waals surface area contributed by atoms with E-state index in [1.807, 2.05) is 0 Å². The normalized spacial score (nSPS) is 11.9. The Labute approximate surface area is 118 Å². The van der Waals surface area contributed by atoms with Crippen LogP contribution in [-0.2, 0) is 4.74 Å². The molecule has 0 aliphatic carbocycles. The first-order valence-electron chi connectivity index (χ1n) is 6.06. The van der Waals surface area contributed by atoms with Crippen molar-refractivity contribution >= 4 is 11.9 Å². The van der Waals surface area contributed by atoms with Crippen molar-refractivity contribution in [2.45, 2.75) is 26.4 Å². The summed E-state index contributed by atoms with van der Waals surface area (Å²) < 4.78 is 15.4. The van der Waals surface area contributed by atoms with E-state index in [9.17, 15) is 4.79 Å². The predicted octanol–water partition coefficient (Wildman–Crippen LogP) is 2.34. The number of hydrogen-bond acceptors (Lipinski definition) is 4. The number of rotatable bonds is 3. The molecule has 0 aliphatic heterocycles. The predicted molar refractivity (Wildman–Crippen MR) is 76.5 cm³/mol. The molecule has 0 bridgehead atoms. The monoisotopic (exact) mass is 280 g/mol. The zero-order chi connectivity index (χ0) is 15.3. The Hall–Kier alpha value is -2.24. The van der Waals surface area contributed by atoms with Crippen LogP contribution in [0.15, 0.2) is 23.2 Å². The van der Waals surface area contributed by atoms with Gasteiger partial charge in [0, 0.05) is 0 Å². The summed E-state index contributed by atoms with van der Waals surface area (Å²) in [5.41, 5.74) is 5.67. The average Bonchev–Trinajstić information content (AvgIpc) is 2.35. The number of carbonyl (C=O) groups is 1. The quantitative estimate of drug-likeness (QED) is 0.678. The molecule has 0 aliphatic rings. The molecule has 1 aromatic rings. The number of aliphatic imine (C=N–C) groups is 1. The third kappa shape index (κ3) is 4.46. The van der Waals surface area contributed by atoms with E-state index in [0.29, 0.717) is 17.1 Å². The maximum Gasteiger partial charge on any atom is 0.436 e. The first-order chi connectivity index (χ1) is 9.26. The van der Waals surface area contributed by atoms with Gasteiger partial charge in [0.15, 0.2) is 0 Å². The van der Waals surface area contributed by atoms with Gasteiger partial charge in [0.25, 0.3) is 0 Å². The van der Waals surface area contributed by atoms with Crippen LogP contribution < -0.4 is 15.2 Å². The molecule has 0 heterocycles. The number of amides is 1. The third-order valence-corrected chi connectivity index (χ3v) is 2.29. The van der Waals surface area contributed by atoms with Gasteiger partial charge in [-0.05, 0) is 39.0 Å². The lowest BCUT2D eigenvalue weighted by molar-refractivity contribution is 0.0604. The number of nitrogens with two attached hydrogens (primary N) is 1. The van der Waals surface area contributed by atoms with Crippen molar-refractivity contribution in [1.29, 1.82) is 0 Å². The van der Waals surface area contributed by atoms with Crippen molar-refractivity contribution in [2.75, 3.05) is 14.2 Å². The maximum absolute atomic E-state index is 11.6. The molecule has 0 radical (unpaired) electrons. The Bertz CT molecular complexity index is 518. The first-order valence-corrected chi connectivity index (χ1v) is 6.06. The van der Waals surface area contributed by atoms with E-state index in [1.165, 1.54) is 14.2 Å². The average molecular weight is 280 g/mol. The largest absolute Gasteiger partial charge is 0.497 e. The Balaban J connectivity index is 3.06. The minimum atomic E-state index is -0.750. The standard InChI is InChI=1S/C14H20N2O4/c1-14(2,3)20-13(17)16-12(15)10-8-9(18-4)6-7-11(10)19-5/h6-8H,1-5H3,(H2,15,16,17). The van der Waals surface area contributed by atoms with E-state index in [0.717, 1.165) is 0 Å². The van der Waals surface area contributed by atoms with Crippen LogP contribution in [-0.4, -0.2) is 31.7 Å². The van der Waals surface area contributed by atoms with E-state index in [2.05, 4.69) is 4.99 Å². The van der Waals surface area contributed by atoms with Gasteiger partial charge in [-0.25, -0.2) is 4.79 Å². The zero-order valence-electron chi connectivity index (χ0n) is 12.4. The molecule has 0 fully saturated rings. The van der Waals surface area contributed by atoms with Gasteiger partial charge in [0.2, 0.25) is 0 Å². The molecule has 20 heavy (non-hydrogen) atoms.